The van der Waals surface area contributed by atoms with Crippen molar-refractivity contribution < 1.29 is 4.74 Å². The van der Waals surface area contributed by atoms with Crippen molar-refractivity contribution in [2.24, 2.45) is 0 Å². The summed E-state index contributed by atoms with van der Waals surface area (Å²) in [4.78, 5) is 4.51. The second-order valence-corrected chi connectivity index (χ2v) is 4.15. The van der Waals surface area contributed by atoms with E-state index in [1.807, 2.05) is 0 Å². The number of hydrogen-bond donors (Lipinski definition) is 1. The van der Waals surface area contributed by atoms with Crippen molar-refractivity contribution in [3.63, 3.8) is 0 Å². The first-order valence-electron chi connectivity index (χ1n) is 4.57. The van der Waals surface area contributed by atoms with Crippen LogP contribution in [0.3, 0.4) is 0 Å². The van der Waals surface area contributed by atoms with Crippen LogP contribution in [0.2, 0.25) is 0 Å². The largest absolute Gasteiger partial charge is 0.378 e. The highest BCUT2D eigenvalue weighted by Crippen LogP contribution is 2.25. The van der Waals surface area contributed by atoms with Gasteiger partial charge in [-0.2, -0.15) is 0 Å². The zero-order valence-electron chi connectivity index (χ0n) is 7.75. The SMILES string of the molecule is COCc1csc(C2CCCN2)n1. The Bertz CT molecular complexity index is 268. The van der Waals surface area contributed by atoms with E-state index in [2.05, 4.69) is 15.7 Å². The lowest BCUT2D eigenvalue weighted by atomic mass is 10.2. The summed E-state index contributed by atoms with van der Waals surface area (Å²) in [6, 6.07) is 0.496. The quantitative estimate of drug-likeness (QED) is 0.803. The minimum absolute atomic E-state index is 0.496. The van der Waals surface area contributed by atoms with Crippen LogP contribution in [0, 0.1) is 0 Å². The summed E-state index contributed by atoms with van der Waals surface area (Å²) in [6.45, 7) is 1.76. The van der Waals surface area contributed by atoms with Gasteiger partial charge in [-0.15, -0.1) is 11.3 Å². The lowest BCUT2D eigenvalue weighted by Crippen LogP contribution is -2.12. The van der Waals surface area contributed by atoms with Crippen LogP contribution in [0.15, 0.2) is 5.38 Å². The Morgan fingerprint density at radius 2 is 2.69 bits per heavy atom. The number of methoxy groups -OCH3 is 1. The molecule has 1 fully saturated rings. The molecule has 0 aliphatic carbocycles. The van der Waals surface area contributed by atoms with Crippen LogP contribution in [0.4, 0.5) is 0 Å². The number of nitrogens with one attached hydrogen (secondary N) is 1. The Morgan fingerprint density at radius 3 is 3.38 bits per heavy atom. The normalized spacial score (nSPS) is 22.4. The molecule has 3 nitrogen and oxygen atoms in total. The van der Waals surface area contributed by atoms with E-state index in [1.165, 1.54) is 17.8 Å². The monoisotopic (exact) mass is 198 g/mol. The lowest BCUT2D eigenvalue weighted by molar-refractivity contribution is 0.182. The Hall–Kier alpha value is -0.450. The van der Waals surface area contributed by atoms with Gasteiger partial charge in [0, 0.05) is 12.5 Å². The molecule has 72 valence electrons. The molecular formula is C9H14N2OS. The van der Waals surface area contributed by atoms with Crippen LogP contribution >= 0.6 is 11.3 Å². The third-order valence-corrected chi connectivity index (χ3v) is 3.23. The number of rotatable bonds is 3. The van der Waals surface area contributed by atoms with Crippen molar-refractivity contribution in [2.75, 3.05) is 13.7 Å². The second-order valence-electron chi connectivity index (χ2n) is 3.26. The average Bonchev–Trinajstić information content (AvgIpc) is 2.70. The molecule has 0 aromatic carbocycles. The first-order chi connectivity index (χ1) is 6.40. The summed E-state index contributed by atoms with van der Waals surface area (Å²) < 4.78 is 5.03. The van der Waals surface area contributed by atoms with Crippen LogP contribution in [-0.4, -0.2) is 18.6 Å². The van der Waals surface area contributed by atoms with Crippen LogP contribution < -0.4 is 5.32 Å². The minimum Gasteiger partial charge on any atom is -0.378 e. The molecule has 0 saturated carbocycles. The summed E-state index contributed by atoms with van der Waals surface area (Å²) in [5.74, 6) is 0. The number of thiazole rings is 1. The average molecular weight is 198 g/mol. The highest BCUT2D eigenvalue weighted by Gasteiger charge is 2.18. The maximum atomic E-state index is 5.03. The van der Waals surface area contributed by atoms with Gasteiger partial charge in [0.05, 0.1) is 18.3 Å². The fourth-order valence-corrected chi connectivity index (χ4v) is 2.51. The van der Waals surface area contributed by atoms with Gasteiger partial charge in [0.15, 0.2) is 0 Å². The topological polar surface area (TPSA) is 34.1 Å². The van der Waals surface area contributed by atoms with Crippen LogP contribution in [-0.2, 0) is 11.3 Å². The molecule has 0 amide bonds. The predicted molar refractivity (Wildman–Crippen MR) is 52.8 cm³/mol. The van der Waals surface area contributed by atoms with Gasteiger partial charge in [0.25, 0.3) is 0 Å². The van der Waals surface area contributed by atoms with Crippen molar-refractivity contribution in [3.05, 3.63) is 16.1 Å². The maximum Gasteiger partial charge on any atom is 0.110 e. The minimum atomic E-state index is 0.496. The van der Waals surface area contributed by atoms with Gasteiger partial charge in [-0.25, -0.2) is 4.98 Å². The molecular weight excluding hydrogens is 184 g/mol. The van der Waals surface area contributed by atoms with E-state index in [0.717, 1.165) is 12.2 Å². The Morgan fingerprint density at radius 1 is 1.77 bits per heavy atom. The maximum absolute atomic E-state index is 5.03. The Balaban J connectivity index is 2.03. The molecule has 1 aromatic heterocycles. The molecule has 4 heteroatoms. The highest BCUT2D eigenvalue weighted by molar-refractivity contribution is 7.09. The summed E-state index contributed by atoms with van der Waals surface area (Å²) in [7, 11) is 1.70. The van der Waals surface area contributed by atoms with Crippen molar-refractivity contribution in [1.29, 1.82) is 0 Å². The van der Waals surface area contributed by atoms with E-state index in [1.54, 1.807) is 18.4 Å². The molecule has 1 unspecified atom stereocenters. The first-order valence-corrected chi connectivity index (χ1v) is 5.44. The zero-order chi connectivity index (χ0) is 9.10. The van der Waals surface area contributed by atoms with Gasteiger partial charge < -0.3 is 10.1 Å². The van der Waals surface area contributed by atoms with Gasteiger partial charge >= 0.3 is 0 Å². The van der Waals surface area contributed by atoms with Crippen LogP contribution in [0.25, 0.3) is 0 Å². The van der Waals surface area contributed by atoms with E-state index in [-0.39, 0.29) is 0 Å². The molecule has 1 atom stereocenters. The Kier molecular flexibility index (Phi) is 2.93. The molecule has 13 heavy (non-hydrogen) atoms. The van der Waals surface area contributed by atoms with E-state index < -0.39 is 0 Å². The van der Waals surface area contributed by atoms with E-state index in [4.69, 9.17) is 4.74 Å². The van der Waals surface area contributed by atoms with Crippen molar-refractivity contribution >= 4 is 11.3 Å². The van der Waals surface area contributed by atoms with Crippen molar-refractivity contribution in [1.82, 2.24) is 10.3 Å². The molecule has 2 heterocycles. The number of aromatic nitrogens is 1. The van der Waals surface area contributed by atoms with Crippen LogP contribution in [0.1, 0.15) is 29.6 Å². The third-order valence-electron chi connectivity index (χ3n) is 2.22. The van der Waals surface area contributed by atoms with Gasteiger partial charge in [0.2, 0.25) is 0 Å². The number of nitrogens with zero attached hydrogens (tertiary/aromatic N) is 1. The molecule has 0 bridgehead atoms. The van der Waals surface area contributed by atoms with E-state index >= 15 is 0 Å². The molecule has 1 N–H and O–H groups in total. The van der Waals surface area contributed by atoms with Crippen molar-refractivity contribution in [2.45, 2.75) is 25.5 Å². The molecule has 2 rings (SSSR count). The predicted octanol–water partition coefficient (Wildman–Crippen LogP) is 1.71. The fourth-order valence-electron chi connectivity index (χ4n) is 1.59. The van der Waals surface area contributed by atoms with E-state index in [0.29, 0.717) is 12.6 Å². The fraction of sp³-hybridized carbons (Fsp3) is 0.667. The van der Waals surface area contributed by atoms with E-state index in [9.17, 15) is 0 Å². The van der Waals surface area contributed by atoms with Gasteiger partial charge in [-0.05, 0) is 19.4 Å². The number of ether oxygens (including phenoxy) is 1. The molecule has 0 radical (unpaired) electrons. The molecule has 0 spiro atoms. The van der Waals surface area contributed by atoms with Gasteiger partial charge in [-0.3, -0.25) is 0 Å². The Labute approximate surface area is 82.1 Å². The van der Waals surface area contributed by atoms with Crippen molar-refractivity contribution in [3.8, 4) is 0 Å². The summed E-state index contributed by atoms with van der Waals surface area (Å²) in [6.07, 6.45) is 2.49. The van der Waals surface area contributed by atoms with Gasteiger partial charge in [0.1, 0.15) is 5.01 Å². The van der Waals surface area contributed by atoms with Gasteiger partial charge in [-0.1, -0.05) is 0 Å². The molecule has 1 aromatic rings. The van der Waals surface area contributed by atoms with Crippen LogP contribution in [0.5, 0.6) is 0 Å². The second kappa shape index (κ2) is 4.17. The number of hydrogen-bond acceptors (Lipinski definition) is 4. The lowest BCUT2D eigenvalue weighted by Gasteiger charge is -2.04. The standard InChI is InChI=1S/C9H14N2OS/c1-12-5-7-6-13-9(11-7)8-3-2-4-10-8/h6,8,10H,2-5H2,1H3. The highest BCUT2D eigenvalue weighted by atomic mass is 32.1. The molecule has 1 aliphatic rings. The molecule has 1 saturated heterocycles. The smallest absolute Gasteiger partial charge is 0.110 e. The first kappa shape index (κ1) is 9.12. The summed E-state index contributed by atoms with van der Waals surface area (Å²) >= 11 is 1.73. The summed E-state index contributed by atoms with van der Waals surface area (Å²) in [5, 5.41) is 6.73. The third kappa shape index (κ3) is 2.07. The zero-order valence-corrected chi connectivity index (χ0v) is 8.56. The molecule has 1 aliphatic heterocycles. The summed E-state index contributed by atoms with van der Waals surface area (Å²) in [5.41, 5.74) is 1.05.